The standard InChI is InChI=1S/C23H26N2O6/c26-21(25-31-15-22(27)28)12-2-1-7-13-24-23(29)30-14-20-18-10-5-3-8-16(18)17-9-4-6-11-19(17)20/h3-6,8-11,20H,1-2,7,12-15H2,(H,24,29)(H,25,26)(H,27,28). The highest BCUT2D eigenvalue weighted by Crippen LogP contribution is 2.44. The Bertz CT molecular complexity index is 884. The molecular formula is C23H26N2O6. The zero-order chi connectivity index (χ0) is 22.1. The van der Waals surface area contributed by atoms with Crippen LogP contribution in [0.25, 0.3) is 11.1 Å². The summed E-state index contributed by atoms with van der Waals surface area (Å²) in [6.45, 7) is 0.153. The number of unbranched alkanes of at least 4 members (excludes halogenated alkanes) is 2. The zero-order valence-corrected chi connectivity index (χ0v) is 17.1. The summed E-state index contributed by atoms with van der Waals surface area (Å²) >= 11 is 0. The highest BCUT2D eigenvalue weighted by atomic mass is 16.7. The second-order valence-electron chi connectivity index (χ2n) is 7.27. The van der Waals surface area contributed by atoms with Crippen LogP contribution in [-0.2, 0) is 19.2 Å². The lowest BCUT2D eigenvalue weighted by Crippen LogP contribution is -2.27. The van der Waals surface area contributed by atoms with Gasteiger partial charge in [0, 0.05) is 18.9 Å². The Balaban J connectivity index is 1.33. The van der Waals surface area contributed by atoms with Crippen LogP contribution in [-0.4, -0.2) is 42.8 Å². The normalized spacial score (nSPS) is 12.0. The lowest BCUT2D eigenvalue weighted by atomic mass is 9.98. The quantitative estimate of drug-likeness (QED) is 0.376. The molecule has 2 aromatic carbocycles. The third kappa shape index (κ3) is 6.29. The number of alkyl carbamates (subject to hydrolysis) is 1. The van der Waals surface area contributed by atoms with Crippen molar-refractivity contribution in [2.24, 2.45) is 0 Å². The van der Waals surface area contributed by atoms with Gasteiger partial charge < -0.3 is 15.2 Å². The molecule has 0 saturated carbocycles. The van der Waals surface area contributed by atoms with Crippen molar-refractivity contribution in [2.45, 2.75) is 31.6 Å². The van der Waals surface area contributed by atoms with Gasteiger partial charge in [0.2, 0.25) is 5.91 Å². The molecule has 8 nitrogen and oxygen atoms in total. The van der Waals surface area contributed by atoms with Gasteiger partial charge >= 0.3 is 12.1 Å². The molecule has 0 radical (unpaired) electrons. The number of carbonyl (C=O) groups is 3. The van der Waals surface area contributed by atoms with Crippen LogP contribution in [0.5, 0.6) is 0 Å². The van der Waals surface area contributed by atoms with E-state index >= 15 is 0 Å². The fourth-order valence-electron chi connectivity index (χ4n) is 3.66. The number of rotatable bonds is 11. The Labute approximate surface area is 180 Å². The van der Waals surface area contributed by atoms with Crippen molar-refractivity contribution in [1.82, 2.24) is 10.8 Å². The number of carbonyl (C=O) groups excluding carboxylic acids is 2. The molecule has 0 saturated heterocycles. The molecule has 0 atom stereocenters. The smallest absolute Gasteiger partial charge is 0.407 e. The van der Waals surface area contributed by atoms with E-state index in [9.17, 15) is 14.4 Å². The van der Waals surface area contributed by atoms with E-state index in [4.69, 9.17) is 9.84 Å². The van der Waals surface area contributed by atoms with Crippen molar-refractivity contribution in [1.29, 1.82) is 0 Å². The summed E-state index contributed by atoms with van der Waals surface area (Å²) in [4.78, 5) is 38.3. The molecule has 2 aromatic rings. The van der Waals surface area contributed by atoms with E-state index in [-0.39, 0.29) is 24.9 Å². The minimum atomic E-state index is -1.15. The van der Waals surface area contributed by atoms with Crippen molar-refractivity contribution >= 4 is 18.0 Å². The predicted octanol–water partition coefficient (Wildman–Crippen LogP) is 3.22. The number of benzene rings is 2. The minimum Gasteiger partial charge on any atom is -0.479 e. The van der Waals surface area contributed by atoms with Gasteiger partial charge in [0.05, 0.1) is 0 Å². The van der Waals surface area contributed by atoms with Gasteiger partial charge in [-0.1, -0.05) is 55.0 Å². The highest BCUT2D eigenvalue weighted by molar-refractivity contribution is 5.79. The number of fused-ring (bicyclic) bond motifs is 3. The largest absolute Gasteiger partial charge is 0.479 e. The zero-order valence-electron chi connectivity index (χ0n) is 17.1. The summed E-state index contributed by atoms with van der Waals surface area (Å²) in [6, 6.07) is 16.3. The Kier molecular flexibility index (Phi) is 8.00. The molecule has 0 aromatic heterocycles. The number of aliphatic carboxylic acids is 1. The first-order chi connectivity index (χ1) is 15.1. The van der Waals surface area contributed by atoms with E-state index in [0.29, 0.717) is 19.4 Å². The summed E-state index contributed by atoms with van der Waals surface area (Å²) < 4.78 is 5.47. The molecule has 0 unspecified atom stereocenters. The summed E-state index contributed by atoms with van der Waals surface area (Å²) in [7, 11) is 0. The maximum atomic E-state index is 12.1. The van der Waals surface area contributed by atoms with E-state index in [1.807, 2.05) is 24.3 Å². The minimum absolute atomic E-state index is 0.0278. The van der Waals surface area contributed by atoms with Crippen molar-refractivity contribution in [3.05, 3.63) is 59.7 Å². The molecule has 0 aliphatic heterocycles. The fourth-order valence-corrected chi connectivity index (χ4v) is 3.66. The Hall–Kier alpha value is -3.39. The van der Waals surface area contributed by atoms with Crippen LogP contribution in [0.3, 0.4) is 0 Å². The summed E-state index contributed by atoms with van der Waals surface area (Å²) in [5.41, 5.74) is 6.78. The van der Waals surface area contributed by atoms with E-state index in [1.165, 1.54) is 22.3 Å². The second kappa shape index (κ2) is 11.1. The number of carboxylic acid groups (broad SMARTS) is 1. The molecule has 3 N–H and O–H groups in total. The molecule has 1 aliphatic carbocycles. The number of hydrogen-bond acceptors (Lipinski definition) is 5. The SMILES string of the molecule is O=C(O)CONC(=O)CCCCCNC(=O)OCC1c2ccccc2-c2ccccc21. The average molecular weight is 426 g/mol. The van der Waals surface area contributed by atoms with Gasteiger partial charge in [-0.25, -0.2) is 15.1 Å². The first-order valence-electron chi connectivity index (χ1n) is 10.3. The fraction of sp³-hybridized carbons (Fsp3) is 0.348. The lowest BCUT2D eigenvalue weighted by molar-refractivity contribution is -0.149. The molecule has 3 rings (SSSR count). The van der Waals surface area contributed by atoms with Crippen LogP contribution in [0.4, 0.5) is 4.79 Å². The van der Waals surface area contributed by atoms with Gasteiger partial charge in [0.25, 0.3) is 0 Å². The maximum absolute atomic E-state index is 12.1. The summed E-state index contributed by atoms with van der Waals surface area (Å²) in [5, 5.41) is 11.1. The molecule has 2 amide bonds. The van der Waals surface area contributed by atoms with Crippen LogP contribution in [0, 0.1) is 0 Å². The summed E-state index contributed by atoms with van der Waals surface area (Å²) in [5.74, 6) is -1.50. The molecule has 164 valence electrons. The third-order valence-electron chi connectivity index (χ3n) is 5.08. The van der Waals surface area contributed by atoms with Gasteiger partial charge in [-0.05, 0) is 35.1 Å². The van der Waals surface area contributed by atoms with Crippen LogP contribution >= 0.6 is 0 Å². The molecular weight excluding hydrogens is 400 g/mol. The number of amides is 2. The van der Waals surface area contributed by atoms with Crippen molar-refractivity contribution < 1.29 is 29.1 Å². The van der Waals surface area contributed by atoms with E-state index in [0.717, 1.165) is 6.42 Å². The van der Waals surface area contributed by atoms with Gasteiger partial charge in [0.15, 0.2) is 6.61 Å². The van der Waals surface area contributed by atoms with Crippen molar-refractivity contribution in [3.63, 3.8) is 0 Å². The maximum Gasteiger partial charge on any atom is 0.407 e. The first kappa shape index (κ1) is 22.3. The molecule has 31 heavy (non-hydrogen) atoms. The van der Waals surface area contributed by atoms with Crippen LogP contribution in [0.15, 0.2) is 48.5 Å². The van der Waals surface area contributed by atoms with Crippen LogP contribution in [0.1, 0.15) is 42.7 Å². The number of carboxylic acids is 1. The van der Waals surface area contributed by atoms with Gasteiger partial charge in [0.1, 0.15) is 6.61 Å². The van der Waals surface area contributed by atoms with E-state index in [1.54, 1.807) is 0 Å². The third-order valence-corrected chi connectivity index (χ3v) is 5.08. The van der Waals surface area contributed by atoms with Gasteiger partial charge in [-0.3, -0.25) is 9.63 Å². The number of ether oxygens (including phenoxy) is 1. The second-order valence-corrected chi connectivity index (χ2v) is 7.27. The average Bonchev–Trinajstić information content (AvgIpc) is 3.08. The van der Waals surface area contributed by atoms with Crippen LogP contribution in [0.2, 0.25) is 0 Å². The molecule has 0 bridgehead atoms. The first-order valence-corrected chi connectivity index (χ1v) is 10.3. The lowest BCUT2D eigenvalue weighted by Gasteiger charge is -2.14. The summed E-state index contributed by atoms with van der Waals surface area (Å²) in [6.07, 6.45) is 1.81. The predicted molar refractivity (Wildman–Crippen MR) is 113 cm³/mol. The monoisotopic (exact) mass is 426 g/mol. The van der Waals surface area contributed by atoms with E-state index < -0.39 is 18.7 Å². The molecule has 0 heterocycles. The Morgan fingerprint density at radius 3 is 2.19 bits per heavy atom. The van der Waals surface area contributed by atoms with Crippen LogP contribution < -0.4 is 10.8 Å². The number of nitrogens with one attached hydrogen (secondary N) is 2. The number of hydroxylamine groups is 1. The van der Waals surface area contributed by atoms with E-state index in [2.05, 4.69) is 39.9 Å². The molecule has 8 heteroatoms. The Morgan fingerprint density at radius 2 is 1.55 bits per heavy atom. The van der Waals surface area contributed by atoms with Gasteiger partial charge in [-0.2, -0.15) is 0 Å². The Morgan fingerprint density at radius 1 is 0.903 bits per heavy atom. The topological polar surface area (TPSA) is 114 Å². The molecule has 1 aliphatic rings. The van der Waals surface area contributed by atoms with Crippen molar-refractivity contribution in [2.75, 3.05) is 19.8 Å². The molecule has 0 fully saturated rings. The van der Waals surface area contributed by atoms with Gasteiger partial charge in [-0.15, -0.1) is 0 Å². The van der Waals surface area contributed by atoms with Crippen molar-refractivity contribution in [3.8, 4) is 11.1 Å². The molecule has 0 spiro atoms. The number of hydrogen-bond donors (Lipinski definition) is 3. The highest BCUT2D eigenvalue weighted by Gasteiger charge is 2.28.